The largest absolute Gasteiger partial charge is 0.448 e. The molecule has 6 nitrogen and oxygen atoms in total. The van der Waals surface area contributed by atoms with Crippen LogP contribution in [0.5, 0.6) is 0 Å². The molecule has 1 fully saturated rings. The Labute approximate surface area is 117 Å². The lowest BCUT2D eigenvalue weighted by atomic mass is 10.2. The van der Waals surface area contributed by atoms with Crippen LogP contribution in [0.3, 0.4) is 0 Å². The number of likely N-dealkylation sites (tertiary alicyclic amines) is 1. The van der Waals surface area contributed by atoms with Crippen molar-refractivity contribution in [1.82, 2.24) is 9.88 Å². The second-order valence-corrected chi connectivity index (χ2v) is 4.94. The number of amides is 1. The van der Waals surface area contributed by atoms with Crippen molar-refractivity contribution in [3.05, 3.63) is 23.5 Å². The molecule has 1 aliphatic heterocycles. The predicted octanol–water partition coefficient (Wildman–Crippen LogP) is 1.39. The molecule has 1 atom stereocenters. The van der Waals surface area contributed by atoms with E-state index in [2.05, 4.69) is 4.98 Å². The Balaban J connectivity index is 1.95. The third-order valence-electron chi connectivity index (χ3n) is 3.36. The average Bonchev–Trinajstić information content (AvgIpc) is 3.08. The Morgan fingerprint density at radius 1 is 1.30 bits per heavy atom. The van der Waals surface area contributed by atoms with E-state index in [0.717, 1.165) is 25.9 Å². The van der Waals surface area contributed by atoms with Crippen molar-refractivity contribution >= 4 is 17.7 Å². The lowest BCUT2D eigenvalue weighted by Gasteiger charge is -2.20. The maximum absolute atomic E-state index is 12.0. The summed E-state index contributed by atoms with van der Waals surface area (Å²) in [4.78, 5) is 39.4. The standard InChI is InChI=1S/C14H18N2O4/c1-9(17)11-7-12(15-8-11)14(19)20-10(2)13(18)16-5-3-4-6-16/h7-8,10,15H,3-6H2,1-2H3. The first-order valence-corrected chi connectivity index (χ1v) is 6.68. The number of hydrogen-bond acceptors (Lipinski definition) is 4. The Kier molecular flexibility index (Phi) is 4.22. The van der Waals surface area contributed by atoms with Crippen molar-refractivity contribution in [3.8, 4) is 0 Å². The zero-order chi connectivity index (χ0) is 14.7. The van der Waals surface area contributed by atoms with Gasteiger partial charge in [-0.15, -0.1) is 0 Å². The number of rotatable bonds is 4. The zero-order valence-electron chi connectivity index (χ0n) is 11.6. The first-order valence-electron chi connectivity index (χ1n) is 6.68. The third kappa shape index (κ3) is 3.07. The number of hydrogen-bond donors (Lipinski definition) is 1. The van der Waals surface area contributed by atoms with Crippen molar-refractivity contribution in [2.24, 2.45) is 0 Å². The van der Waals surface area contributed by atoms with Crippen LogP contribution in [0.25, 0.3) is 0 Å². The molecule has 0 aromatic carbocycles. The second kappa shape index (κ2) is 5.90. The number of ketones is 1. The molecular formula is C14H18N2O4. The highest BCUT2D eigenvalue weighted by Crippen LogP contribution is 2.12. The molecule has 1 aliphatic rings. The van der Waals surface area contributed by atoms with Crippen LogP contribution in [0.2, 0.25) is 0 Å². The first kappa shape index (κ1) is 14.3. The van der Waals surface area contributed by atoms with Gasteiger partial charge < -0.3 is 14.6 Å². The topological polar surface area (TPSA) is 79.5 Å². The predicted molar refractivity (Wildman–Crippen MR) is 71.5 cm³/mol. The summed E-state index contributed by atoms with van der Waals surface area (Å²) in [6.07, 6.45) is 2.62. The fraction of sp³-hybridized carbons (Fsp3) is 0.500. The van der Waals surface area contributed by atoms with Crippen molar-refractivity contribution in [3.63, 3.8) is 0 Å². The molecule has 1 aromatic heterocycles. The normalized spacial score (nSPS) is 16.0. The van der Waals surface area contributed by atoms with Gasteiger partial charge in [-0.25, -0.2) is 4.79 Å². The summed E-state index contributed by atoms with van der Waals surface area (Å²) in [5.41, 5.74) is 0.590. The van der Waals surface area contributed by atoms with E-state index in [-0.39, 0.29) is 17.4 Å². The monoisotopic (exact) mass is 278 g/mol. The van der Waals surface area contributed by atoms with Crippen LogP contribution >= 0.6 is 0 Å². The van der Waals surface area contributed by atoms with E-state index in [4.69, 9.17) is 4.74 Å². The number of H-pyrrole nitrogens is 1. The molecule has 2 rings (SSSR count). The van der Waals surface area contributed by atoms with E-state index in [1.807, 2.05) is 0 Å². The number of carbonyl (C=O) groups excluding carboxylic acids is 3. The number of nitrogens with one attached hydrogen (secondary N) is 1. The van der Waals surface area contributed by atoms with Crippen molar-refractivity contribution in [1.29, 1.82) is 0 Å². The number of aromatic nitrogens is 1. The van der Waals surface area contributed by atoms with Gasteiger partial charge in [0.25, 0.3) is 5.91 Å². The van der Waals surface area contributed by atoms with Gasteiger partial charge in [-0.1, -0.05) is 0 Å². The quantitative estimate of drug-likeness (QED) is 0.666. The highest BCUT2D eigenvalue weighted by molar-refractivity contribution is 5.98. The Bertz CT molecular complexity index is 529. The smallest absolute Gasteiger partial charge is 0.355 e. The molecule has 1 aromatic rings. The van der Waals surface area contributed by atoms with E-state index in [0.29, 0.717) is 5.56 Å². The summed E-state index contributed by atoms with van der Waals surface area (Å²) in [5, 5.41) is 0. The van der Waals surface area contributed by atoms with Gasteiger partial charge in [0.15, 0.2) is 11.9 Å². The van der Waals surface area contributed by atoms with E-state index >= 15 is 0 Å². The van der Waals surface area contributed by atoms with E-state index < -0.39 is 12.1 Å². The molecule has 108 valence electrons. The summed E-state index contributed by atoms with van der Waals surface area (Å²) < 4.78 is 5.13. The number of ether oxygens (including phenoxy) is 1. The maximum atomic E-state index is 12.0. The second-order valence-electron chi connectivity index (χ2n) is 4.94. The van der Waals surface area contributed by atoms with Gasteiger partial charge in [0.05, 0.1) is 0 Å². The molecule has 0 radical (unpaired) electrons. The number of esters is 1. The summed E-state index contributed by atoms with van der Waals surface area (Å²) in [6.45, 7) is 4.42. The number of nitrogens with zero attached hydrogens (tertiary/aromatic N) is 1. The minimum Gasteiger partial charge on any atom is -0.448 e. The van der Waals surface area contributed by atoms with Crippen LogP contribution in [0, 0.1) is 0 Å². The molecule has 1 saturated heterocycles. The molecule has 0 aliphatic carbocycles. The van der Waals surface area contributed by atoms with Crippen LogP contribution in [-0.4, -0.2) is 46.7 Å². The number of Topliss-reactive ketones (excluding diaryl/α,β-unsaturated/α-hetero) is 1. The van der Waals surface area contributed by atoms with Gasteiger partial charge in [0.1, 0.15) is 5.69 Å². The summed E-state index contributed by atoms with van der Waals surface area (Å²) in [7, 11) is 0. The lowest BCUT2D eigenvalue weighted by molar-refractivity contribution is -0.138. The molecule has 0 saturated carbocycles. The Hall–Kier alpha value is -2.11. The Morgan fingerprint density at radius 2 is 1.95 bits per heavy atom. The van der Waals surface area contributed by atoms with E-state index in [1.54, 1.807) is 11.8 Å². The van der Waals surface area contributed by atoms with Gasteiger partial charge in [-0.3, -0.25) is 9.59 Å². The van der Waals surface area contributed by atoms with Crippen LogP contribution in [0.15, 0.2) is 12.3 Å². The van der Waals surface area contributed by atoms with E-state index in [1.165, 1.54) is 19.2 Å². The first-order chi connectivity index (χ1) is 9.49. The highest BCUT2D eigenvalue weighted by atomic mass is 16.5. The molecule has 0 bridgehead atoms. The molecule has 1 amide bonds. The summed E-state index contributed by atoms with van der Waals surface area (Å²) in [5.74, 6) is -0.937. The molecule has 1 unspecified atom stereocenters. The summed E-state index contributed by atoms with van der Waals surface area (Å²) in [6, 6.07) is 1.43. The Morgan fingerprint density at radius 3 is 2.50 bits per heavy atom. The van der Waals surface area contributed by atoms with Crippen LogP contribution < -0.4 is 0 Å². The molecular weight excluding hydrogens is 260 g/mol. The van der Waals surface area contributed by atoms with Gasteiger partial charge in [-0.05, 0) is 32.8 Å². The van der Waals surface area contributed by atoms with Gasteiger partial charge in [0.2, 0.25) is 0 Å². The van der Waals surface area contributed by atoms with Gasteiger partial charge >= 0.3 is 5.97 Å². The molecule has 1 N–H and O–H groups in total. The minimum absolute atomic E-state index is 0.138. The molecule has 0 spiro atoms. The van der Waals surface area contributed by atoms with Gasteiger partial charge in [0, 0.05) is 24.8 Å². The lowest BCUT2D eigenvalue weighted by Crippen LogP contribution is -2.38. The summed E-state index contributed by atoms with van der Waals surface area (Å²) >= 11 is 0. The molecule has 2 heterocycles. The fourth-order valence-electron chi connectivity index (χ4n) is 2.18. The average molecular weight is 278 g/mol. The van der Waals surface area contributed by atoms with E-state index in [9.17, 15) is 14.4 Å². The van der Waals surface area contributed by atoms with Gasteiger partial charge in [-0.2, -0.15) is 0 Å². The van der Waals surface area contributed by atoms with Crippen molar-refractivity contribution in [2.75, 3.05) is 13.1 Å². The third-order valence-corrected chi connectivity index (χ3v) is 3.36. The fourth-order valence-corrected chi connectivity index (χ4v) is 2.18. The van der Waals surface area contributed by atoms with Crippen LogP contribution in [0.1, 0.15) is 47.5 Å². The zero-order valence-corrected chi connectivity index (χ0v) is 11.6. The minimum atomic E-state index is -0.815. The molecule has 20 heavy (non-hydrogen) atoms. The number of aromatic amines is 1. The van der Waals surface area contributed by atoms with Crippen molar-refractivity contribution in [2.45, 2.75) is 32.8 Å². The van der Waals surface area contributed by atoms with Crippen LogP contribution in [0.4, 0.5) is 0 Å². The van der Waals surface area contributed by atoms with Crippen LogP contribution in [-0.2, 0) is 9.53 Å². The number of carbonyl (C=O) groups is 3. The SMILES string of the molecule is CC(=O)c1c[nH]c(C(=O)OC(C)C(=O)N2CCCC2)c1. The molecule has 6 heteroatoms. The highest BCUT2D eigenvalue weighted by Gasteiger charge is 2.26. The maximum Gasteiger partial charge on any atom is 0.355 e. The van der Waals surface area contributed by atoms with Crippen molar-refractivity contribution < 1.29 is 19.1 Å².